The summed E-state index contributed by atoms with van der Waals surface area (Å²) in [5.74, 6) is 1.74. The first-order valence-corrected chi connectivity index (χ1v) is 18.2. The minimum atomic E-state index is -3.64. The quantitative estimate of drug-likeness (QED) is 0.163. The summed E-state index contributed by atoms with van der Waals surface area (Å²) in [6, 6.07) is 23.9. The molecule has 264 valence electrons. The van der Waals surface area contributed by atoms with Gasteiger partial charge in [-0.15, -0.1) is 0 Å². The van der Waals surface area contributed by atoms with E-state index in [1.807, 2.05) is 0 Å². The highest BCUT2D eigenvalue weighted by Gasteiger charge is 2.26. The SMILES string of the molecule is C[N+](C)(C)Cc1cc(-c2cc(C[N+](C)(C)C)c(Oc3ccc(S(=O)(=O)c4ccccc4)cc3)c(C[N+](C)(C)C)c2)cc(C[N+](C)(C)C)c1O. The molecular weight excluding hydrogens is 633 g/mol. The number of phenols is 1. The monoisotopic (exact) mass is 690 g/mol. The van der Waals surface area contributed by atoms with Crippen molar-refractivity contribution in [2.75, 3.05) is 84.6 Å². The topological polar surface area (TPSA) is 63.6 Å². The second-order valence-electron chi connectivity index (χ2n) is 17.5. The smallest absolute Gasteiger partial charge is 0.206 e. The standard InChI is InChI=1S/C40H57N4O4S/c1-41(2,3)26-32-22-30(23-33(39(32)45)27-42(4,5)6)31-24-34(28-43(7,8)9)40(35(25-31)29-44(10,11)12)48-36-18-20-38(21-19-36)49(46,47)37-16-14-13-15-17-37/h13-25H,26-29H2,1-12H3/q+3/p+1. The zero-order valence-corrected chi connectivity index (χ0v) is 32.5. The van der Waals surface area contributed by atoms with E-state index in [1.54, 1.807) is 54.6 Å². The Bertz CT molecular complexity index is 1800. The van der Waals surface area contributed by atoms with Crippen LogP contribution < -0.4 is 4.74 Å². The van der Waals surface area contributed by atoms with Crippen LogP contribution in [0.4, 0.5) is 0 Å². The summed E-state index contributed by atoms with van der Waals surface area (Å²) in [7, 11) is 22.2. The van der Waals surface area contributed by atoms with Crippen molar-refractivity contribution in [2.45, 2.75) is 36.0 Å². The molecule has 0 aliphatic heterocycles. The van der Waals surface area contributed by atoms with Crippen molar-refractivity contribution in [1.29, 1.82) is 0 Å². The van der Waals surface area contributed by atoms with Crippen LogP contribution in [-0.2, 0) is 36.0 Å². The van der Waals surface area contributed by atoms with Crippen LogP contribution in [0.2, 0.25) is 0 Å². The van der Waals surface area contributed by atoms with E-state index < -0.39 is 9.84 Å². The molecule has 4 rings (SSSR count). The van der Waals surface area contributed by atoms with Crippen molar-refractivity contribution in [2.24, 2.45) is 0 Å². The number of sulfone groups is 1. The van der Waals surface area contributed by atoms with Crippen molar-refractivity contribution >= 4 is 9.84 Å². The Balaban J connectivity index is 1.89. The molecule has 0 spiro atoms. The molecule has 0 radical (unpaired) electrons. The summed E-state index contributed by atoms with van der Waals surface area (Å²) in [6.45, 7) is 2.81. The molecule has 9 heteroatoms. The molecule has 0 saturated heterocycles. The lowest BCUT2D eigenvalue weighted by molar-refractivity contribution is -0.884. The first kappa shape index (κ1) is 38.1. The molecule has 0 atom stereocenters. The van der Waals surface area contributed by atoms with E-state index in [0.29, 0.717) is 55.6 Å². The van der Waals surface area contributed by atoms with Crippen molar-refractivity contribution in [3.8, 4) is 28.4 Å². The van der Waals surface area contributed by atoms with Gasteiger partial charge >= 0.3 is 0 Å². The Kier molecular flexibility index (Phi) is 10.8. The molecule has 0 bridgehead atoms. The molecule has 0 fully saturated rings. The number of ether oxygens (including phenoxy) is 1. The lowest BCUT2D eigenvalue weighted by Gasteiger charge is -2.30. The van der Waals surface area contributed by atoms with Gasteiger partial charge in [-0.3, -0.25) is 0 Å². The number of rotatable bonds is 13. The highest BCUT2D eigenvalue weighted by molar-refractivity contribution is 7.91. The van der Waals surface area contributed by atoms with E-state index in [-0.39, 0.29) is 9.79 Å². The van der Waals surface area contributed by atoms with Gasteiger partial charge in [0.2, 0.25) is 9.84 Å². The average molecular weight is 691 g/mol. The zero-order chi connectivity index (χ0) is 36.6. The van der Waals surface area contributed by atoms with E-state index in [2.05, 4.69) is 109 Å². The minimum Gasteiger partial charge on any atom is -0.507 e. The first-order valence-electron chi connectivity index (χ1n) is 16.7. The molecule has 0 amide bonds. The lowest BCUT2D eigenvalue weighted by Crippen LogP contribution is -2.35. The summed E-state index contributed by atoms with van der Waals surface area (Å²) in [5.41, 5.74) is 6.12. The van der Waals surface area contributed by atoms with Crippen LogP contribution in [-0.4, -0.2) is 116 Å². The Morgan fingerprint density at radius 3 is 1.24 bits per heavy atom. The molecule has 8 nitrogen and oxygen atoms in total. The van der Waals surface area contributed by atoms with E-state index in [9.17, 15) is 13.5 Å². The summed E-state index contributed by atoms with van der Waals surface area (Å²) in [4.78, 5) is 0.486. The Morgan fingerprint density at radius 1 is 0.510 bits per heavy atom. The summed E-state index contributed by atoms with van der Waals surface area (Å²) < 4.78 is 36.0. The van der Waals surface area contributed by atoms with Crippen molar-refractivity contribution in [3.05, 3.63) is 101 Å². The number of nitrogens with zero attached hydrogens (tertiary/aromatic N) is 4. The molecular formula is C40H58N4O4S+4. The van der Waals surface area contributed by atoms with Gasteiger partial charge < -0.3 is 27.8 Å². The van der Waals surface area contributed by atoms with Gasteiger partial charge in [0.05, 0.1) is 105 Å². The fourth-order valence-electron chi connectivity index (χ4n) is 6.04. The molecule has 0 saturated carbocycles. The predicted octanol–water partition coefficient (Wildman–Crippen LogP) is 6.51. The van der Waals surface area contributed by atoms with Gasteiger partial charge in [0, 0.05) is 11.1 Å². The van der Waals surface area contributed by atoms with Gasteiger partial charge in [0.25, 0.3) is 0 Å². The summed E-state index contributed by atoms with van der Waals surface area (Å²) in [6.07, 6.45) is 0. The van der Waals surface area contributed by atoms with Gasteiger partial charge in [-0.1, -0.05) is 18.2 Å². The Hall–Kier alpha value is -3.73. The summed E-state index contributed by atoms with van der Waals surface area (Å²) >= 11 is 0. The molecule has 0 unspecified atom stereocenters. The number of quaternary nitrogens is 4. The molecule has 1 N–H and O–H groups in total. The van der Waals surface area contributed by atoms with Gasteiger partial charge in [-0.05, 0) is 71.8 Å². The fourth-order valence-corrected chi connectivity index (χ4v) is 7.32. The van der Waals surface area contributed by atoms with Crippen LogP contribution >= 0.6 is 0 Å². The summed E-state index contributed by atoms with van der Waals surface area (Å²) in [5, 5.41) is 11.5. The first-order chi connectivity index (χ1) is 22.4. The van der Waals surface area contributed by atoms with E-state index >= 15 is 0 Å². The van der Waals surface area contributed by atoms with Crippen LogP contribution in [0, 0.1) is 0 Å². The zero-order valence-electron chi connectivity index (χ0n) is 31.7. The van der Waals surface area contributed by atoms with E-state index in [1.165, 1.54) is 0 Å². The van der Waals surface area contributed by atoms with Crippen LogP contribution in [0.25, 0.3) is 11.1 Å². The van der Waals surface area contributed by atoms with Crippen molar-refractivity contribution < 1.29 is 36.2 Å². The van der Waals surface area contributed by atoms with Crippen molar-refractivity contribution in [1.82, 2.24) is 0 Å². The number of aromatic hydroxyl groups is 1. The third-order valence-electron chi connectivity index (χ3n) is 7.83. The second kappa shape index (κ2) is 13.9. The number of benzene rings is 4. The van der Waals surface area contributed by atoms with Gasteiger partial charge in [-0.25, -0.2) is 8.42 Å². The molecule has 0 aromatic heterocycles. The van der Waals surface area contributed by atoms with Crippen LogP contribution in [0.5, 0.6) is 17.2 Å². The average Bonchev–Trinajstić information content (AvgIpc) is 2.94. The molecule has 0 aliphatic rings. The number of hydrogen-bond acceptors (Lipinski definition) is 4. The predicted molar refractivity (Wildman–Crippen MR) is 199 cm³/mol. The maximum absolute atomic E-state index is 13.3. The normalized spacial score (nSPS) is 13.1. The van der Waals surface area contributed by atoms with Crippen LogP contribution in [0.3, 0.4) is 0 Å². The fraction of sp³-hybridized carbons (Fsp3) is 0.400. The van der Waals surface area contributed by atoms with Gasteiger partial charge in [-0.2, -0.15) is 0 Å². The lowest BCUT2D eigenvalue weighted by atomic mass is 9.93. The maximum Gasteiger partial charge on any atom is 0.206 e. The number of phenolic OH excluding ortho intramolecular Hbond substituents is 1. The molecule has 4 aromatic rings. The third-order valence-corrected chi connectivity index (χ3v) is 9.62. The van der Waals surface area contributed by atoms with Gasteiger partial charge in [0.1, 0.15) is 43.4 Å². The molecule has 49 heavy (non-hydrogen) atoms. The Labute approximate surface area is 295 Å². The molecule has 0 heterocycles. The van der Waals surface area contributed by atoms with E-state index in [4.69, 9.17) is 4.74 Å². The highest BCUT2D eigenvalue weighted by Crippen LogP contribution is 2.39. The van der Waals surface area contributed by atoms with E-state index in [0.717, 1.165) is 39.1 Å². The van der Waals surface area contributed by atoms with Crippen LogP contribution in [0.1, 0.15) is 22.3 Å². The third kappa shape index (κ3) is 10.6. The highest BCUT2D eigenvalue weighted by atomic mass is 32.2. The molecule has 4 aromatic carbocycles. The van der Waals surface area contributed by atoms with Crippen LogP contribution in [0.15, 0.2) is 88.7 Å². The maximum atomic E-state index is 13.3. The largest absolute Gasteiger partial charge is 0.507 e. The van der Waals surface area contributed by atoms with Gasteiger partial charge in [0.15, 0.2) is 0 Å². The van der Waals surface area contributed by atoms with Crippen molar-refractivity contribution in [3.63, 3.8) is 0 Å². The Morgan fingerprint density at radius 2 is 0.857 bits per heavy atom. The second-order valence-corrected chi connectivity index (χ2v) is 19.4. The molecule has 0 aliphatic carbocycles. The minimum absolute atomic E-state index is 0.223. The number of hydrogen-bond donors (Lipinski definition) is 1.